The minimum absolute atomic E-state index is 0.335. The lowest BCUT2D eigenvalue weighted by molar-refractivity contribution is -0.125. The summed E-state index contributed by atoms with van der Waals surface area (Å²) in [7, 11) is 0. The molecular formula is C7H8F3NO2. The zero-order valence-electron chi connectivity index (χ0n) is 7.03. The summed E-state index contributed by atoms with van der Waals surface area (Å²) >= 11 is 0. The highest BCUT2D eigenvalue weighted by Gasteiger charge is 2.34. The third-order valence-electron chi connectivity index (χ3n) is 0.964. The molecule has 3 nitrogen and oxygen atoms in total. The van der Waals surface area contributed by atoms with Gasteiger partial charge in [0.1, 0.15) is 5.70 Å². The molecule has 0 rings (SSSR count). The predicted octanol–water partition coefficient (Wildman–Crippen LogP) is 1.16. The summed E-state index contributed by atoms with van der Waals surface area (Å²) in [6.07, 6.45) is -4.38. The van der Waals surface area contributed by atoms with Crippen molar-refractivity contribution in [2.75, 3.05) is 0 Å². The number of allylic oxidation sites excluding steroid dienone is 2. The summed E-state index contributed by atoms with van der Waals surface area (Å²) in [5.74, 6) is -1.65. The normalized spacial score (nSPS) is 12.5. The van der Waals surface area contributed by atoms with E-state index in [1.807, 2.05) is 0 Å². The van der Waals surface area contributed by atoms with Crippen LogP contribution in [0.25, 0.3) is 0 Å². The molecule has 13 heavy (non-hydrogen) atoms. The molecule has 0 radical (unpaired) electrons. The highest BCUT2D eigenvalue weighted by atomic mass is 19.4. The number of hydrogen-bond donors (Lipinski definition) is 1. The summed E-state index contributed by atoms with van der Waals surface area (Å²) in [5, 5.41) is 1.53. The number of carbonyl (C=O) groups is 2. The van der Waals surface area contributed by atoms with E-state index in [0.29, 0.717) is 6.08 Å². The van der Waals surface area contributed by atoms with E-state index in [-0.39, 0.29) is 0 Å². The summed E-state index contributed by atoms with van der Waals surface area (Å²) in [6.45, 7) is 1.90. The topological polar surface area (TPSA) is 46.2 Å². The van der Waals surface area contributed by atoms with Gasteiger partial charge in [0.2, 0.25) is 5.91 Å². The van der Waals surface area contributed by atoms with Gasteiger partial charge in [0.15, 0.2) is 5.78 Å². The molecule has 0 aromatic rings. The second kappa shape index (κ2) is 4.06. The molecule has 0 aromatic carbocycles. The zero-order chi connectivity index (χ0) is 10.6. The first kappa shape index (κ1) is 11.7. The average Bonchev–Trinajstić information content (AvgIpc) is 1.81. The highest BCUT2D eigenvalue weighted by molar-refractivity contribution is 5.89. The number of hydrogen-bond acceptors (Lipinski definition) is 2. The average molecular weight is 195 g/mol. The van der Waals surface area contributed by atoms with Crippen molar-refractivity contribution in [3.05, 3.63) is 11.8 Å². The lowest BCUT2D eigenvalue weighted by Gasteiger charge is -2.10. The predicted molar refractivity (Wildman–Crippen MR) is 38.6 cm³/mol. The van der Waals surface area contributed by atoms with Gasteiger partial charge in [-0.25, -0.2) is 0 Å². The Hall–Kier alpha value is -1.33. The standard InChI is InChI=1S/C7H8F3NO2/c1-4(12)3-6(7(8,9)10)11-5(2)13/h3H,1-2H3,(H,11,13)/b6-3-. The Balaban J connectivity index is 4.77. The molecule has 0 aliphatic carbocycles. The summed E-state index contributed by atoms with van der Waals surface area (Å²) in [6, 6.07) is 0. The van der Waals surface area contributed by atoms with Gasteiger partial charge in [-0.15, -0.1) is 0 Å². The van der Waals surface area contributed by atoms with Crippen molar-refractivity contribution >= 4 is 11.7 Å². The van der Waals surface area contributed by atoms with Gasteiger partial charge in [0.05, 0.1) is 0 Å². The largest absolute Gasteiger partial charge is 0.431 e. The summed E-state index contributed by atoms with van der Waals surface area (Å²) in [5.41, 5.74) is -1.34. The number of alkyl halides is 3. The van der Waals surface area contributed by atoms with Crippen LogP contribution in [0, 0.1) is 0 Å². The van der Waals surface area contributed by atoms with Crippen molar-refractivity contribution in [1.82, 2.24) is 5.32 Å². The molecule has 1 N–H and O–H groups in total. The maximum Gasteiger partial charge on any atom is 0.431 e. The second-order valence-electron chi connectivity index (χ2n) is 2.35. The number of amides is 1. The number of carbonyl (C=O) groups excluding carboxylic acids is 2. The molecule has 0 heterocycles. The fourth-order valence-corrected chi connectivity index (χ4v) is 0.582. The van der Waals surface area contributed by atoms with E-state index in [1.54, 1.807) is 0 Å². The van der Waals surface area contributed by atoms with Crippen molar-refractivity contribution in [3.63, 3.8) is 0 Å². The Labute approximate surface area is 72.6 Å². The molecule has 0 aliphatic heterocycles. The number of ketones is 1. The lowest BCUT2D eigenvalue weighted by Crippen LogP contribution is -2.30. The molecule has 0 aromatic heterocycles. The quantitative estimate of drug-likeness (QED) is 0.672. The monoisotopic (exact) mass is 195 g/mol. The van der Waals surface area contributed by atoms with Gasteiger partial charge >= 0.3 is 6.18 Å². The first-order chi connectivity index (χ1) is 5.73. The number of halogens is 3. The molecule has 6 heteroatoms. The van der Waals surface area contributed by atoms with Crippen LogP contribution >= 0.6 is 0 Å². The molecule has 0 unspecified atom stereocenters. The second-order valence-corrected chi connectivity index (χ2v) is 2.35. The van der Waals surface area contributed by atoms with E-state index in [4.69, 9.17) is 0 Å². The SMILES string of the molecule is CC(=O)/C=C(\NC(C)=O)C(F)(F)F. The van der Waals surface area contributed by atoms with Crippen LogP contribution in [0.15, 0.2) is 11.8 Å². The fraction of sp³-hybridized carbons (Fsp3) is 0.429. The van der Waals surface area contributed by atoms with Crippen molar-refractivity contribution in [3.8, 4) is 0 Å². The number of rotatable bonds is 2. The molecule has 0 saturated heterocycles. The van der Waals surface area contributed by atoms with Crippen LogP contribution in [-0.2, 0) is 9.59 Å². The molecule has 0 fully saturated rings. The highest BCUT2D eigenvalue weighted by Crippen LogP contribution is 2.23. The Bertz CT molecular complexity index is 255. The van der Waals surface area contributed by atoms with Crippen LogP contribution in [0.1, 0.15) is 13.8 Å². The molecular weight excluding hydrogens is 187 g/mol. The minimum atomic E-state index is -4.71. The van der Waals surface area contributed by atoms with E-state index in [9.17, 15) is 22.8 Å². The van der Waals surface area contributed by atoms with Crippen LogP contribution in [0.5, 0.6) is 0 Å². The van der Waals surface area contributed by atoms with E-state index < -0.39 is 23.6 Å². The van der Waals surface area contributed by atoms with Gasteiger partial charge in [-0.3, -0.25) is 9.59 Å². The van der Waals surface area contributed by atoms with Crippen LogP contribution in [0.2, 0.25) is 0 Å². The van der Waals surface area contributed by atoms with Crippen molar-refractivity contribution in [1.29, 1.82) is 0 Å². The lowest BCUT2D eigenvalue weighted by atomic mass is 10.3. The first-order valence-electron chi connectivity index (χ1n) is 3.30. The molecule has 0 aliphatic rings. The van der Waals surface area contributed by atoms with E-state index in [1.165, 1.54) is 5.32 Å². The third kappa shape index (κ3) is 5.00. The first-order valence-corrected chi connectivity index (χ1v) is 3.30. The third-order valence-corrected chi connectivity index (χ3v) is 0.964. The Morgan fingerprint density at radius 1 is 1.23 bits per heavy atom. The molecule has 1 amide bonds. The van der Waals surface area contributed by atoms with Gasteiger partial charge in [-0.2, -0.15) is 13.2 Å². The van der Waals surface area contributed by atoms with Crippen LogP contribution in [0.3, 0.4) is 0 Å². The van der Waals surface area contributed by atoms with Gasteiger partial charge in [-0.05, 0) is 6.92 Å². The smallest absolute Gasteiger partial charge is 0.322 e. The molecule has 0 bridgehead atoms. The fourth-order valence-electron chi connectivity index (χ4n) is 0.582. The molecule has 0 saturated carbocycles. The van der Waals surface area contributed by atoms with Crippen LogP contribution < -0.4 is 5.32 Å². The summed E-state index contributed by atoms with van der Waals surface area (Å²) in [4.78, 5) is 20.7. The maximum atomic E-state index is 12.0. The zero-order valence-corrected chi connectivity index (χ0v) is 7.03. The van der Waals surface area contributed by atoms with Crippen molar-refractivity contribution < 1.29 is 22.8 Å². The van der Waals surface area contributed by atoms with Gasteiger partial charge in [0.25, 0.3) is 0 Å². The Morgan fingerprint density at radius 3 is 1.92 bits per heavy atom. The summed E-state index contributed by atoms with van der Waals surface area (Å²) < 4.78 is 36.0. The minimum Gasteiger partial charge on any atom is -0.322 e. The van der Waals surface area contributed by atoms with E-state index >= 15 is 0 Å². The van der Waals surface area contributed by atoms with Crippen molar-refractivity contribution in [2.24, 2.45) is 0 Å². The maximum absolute atomic E-state index is 12.0. The Morgan fingerprint density at radius 2 is 1.69 bits per heavy atom. The van der Waals surface area contributed by atoms with Crippen LogP contribution in [0.4, 0.5) is 13.2 Å². The molecule has 74 valence electrons. The van der Waals surface area contributed by atoms with Gasteiger partial charge in [0, 0.05) is 13.0 Å². The van der Waals surface area contributed by atoms with Crippen molar-refractivity contribution in [2.45, 2.75) is 20.0 Å². The van der Waals surface area contributed by atoms with Gasteiger partial charge < -0.3 is 5.32 Å². The van der Waals surface area contributed by atoms with Crippen LogP contribution in [-0.4, -0.2) is 17.9 Å². The van der Waals surface area contributed by atoms with E-state index in [2.05, 4.69) is 0 Å². The Kier molecular flexibility index (Phi) is 3.65. The molecule has 0 spiro atoms. The molecule has 0 atom stereocenters. The van der Waals surface area contributed by atoms with Gasteiger partial charge in [-0.1, -0.05) is 0 Å². The van der Waals surface area contributed by atoms with E-state index in [0.717, 1.165) is 13.8 Å². The number of nitrogens with one attached hydrogen (secondary N) is 1.